The average Bonchev–Trinajstić information content (AvgIpc) is 2.62. The van der Waals surface area contributed by atoms with E-state index in [-0.39, 0.29) is 0 Å². The van der Waals surface area contributed by atoms with Gasteiger partial charge in [0, 0.05) is 17.5 Å². The molecule has 0 aliphatic heterocycles. The molecule has 1 nitrogen and oxygen atoms in total. The molecule has 0 saturated heterocycles. The zero-order valence-corrected chi connectivity index (χ0v) is 18.6. The molecule has 0 saturated carbocycles. The summed E-state index contributed by atoms with van der Waals surface area (Å²) < 4.78 is 14.0. The Kier molecular flexibility index (Phi) is 9.21. The summed E-state index contributed by atoms with van der Waals surface area (Å²) in [6.45, 7) is 23.4. The highest BCUT2D eigenvalue weighted by atomic mass is 19.1. The van der Waals surface area contributed by atoms with Gasteiger partial charge in [0.1, 0.15) is 5.83 Å². The van der Waals surface area contributed by atoms with Crippen molar-refractivity contribution < 1.29 is 4.39 Å². The molecule has 152 valence electrons. The average molecular weight is 390 g/mol. The highest BCUT2D eigenvalue weighted by Crippen LogP contribution is 2.31. The summed E-state index contributed by atoms with van der Waals surface area (Å²) >= 11 is 0. The Morgan fingerprint density at radius 2 is 1.66 bits per heavy atom. The van der Waals surface area contributed by atoms with Crippen molar-refractivity contribution in [2.24, 2.45) is 4.99 Å². The van der Waals surface area contributed by atoms with Crippen LogP contribution in [0.25, 0.3) is 11.1 Å². The van der Waals surface area contributed by atoms with Crippen molar-refractivity contribution in [3.63, 3.8) is 0 Å². The third-order valence-corrected chi connectivity index (χ3v) is 4.29. The number of hydrogen-bond donors (Lipinski definition) is 0. The monoisotopic (exact) mass is 389 g/mol. The predicted octanol–water partition coefficient (Wildman–Crippen LogP) is 8.34. The second-order valence-corrected chi connectivity index (χ2v) is 7.32. The lowest BCUT2D eigenvalue weighted by Crippen LogP contribution is -1.95. The number of aryl methyl sites for hydroxylation is 1. The maximum absolute atomic E-state index is 14.0. The molecule has 0 N–H and O–H groups in total. The summed E-state index contributed by atoms with van der Waals surface area (Å²) in [5.74, 6) is -0.453. The zero-order chi connectivity index (χ0) is 22.1. The van der Waals surface area contributed by atoms with Gasteiger partial charge in [-0.3, -0.25) is 4.99 Å². The SMILES string of the molecule is C=C(C)C(=C\N=C(C)C)/C=C(\C(=C)C)c1ccc(/C(=C/C=C\C)C(=C)F)cc1C. The normalized spacial score (nSPS) is 12.9. The molecule has 0 aliphatic rings. The molecule has 0 heterocycles. The van der Waals surface area contributed by atoms with Gasteiger partial charge in [0.05, 0.1) is 0 Å². The number of rotatable bonds is 8. The molecule has 29 heavy (non-hydrogen) atoms. The van der Waals surface area contributed by atoms with E-state index in [2.05, 4.69) is 30.8 Å². The quantitative estimate of drug-likeness (QED) is 0.313. The van der Waals surface area contributed by atoms with Crippen molar-refractivity contribution in [2.45, 2.75) is 41.5 Å². The first-order valence-electron chi connectivity index (χ1n) is 9.62. The van der Waals surface area contributed by atoms with Crippen LogP contribution in [0.1, 0.15) is 51.3 Å². The third-order valence-electron chi connectivity index (χ3n) is 4.29. The van der Waals surface area contributed by atoms with E-state index in [1.807, 2.05) is 78.1 Å². The van der Waals surface area contributed by atoms with Crippen LogP contribution in [0.2, 0.25) is 0 Å². The molecule has 0 aliphatic carbocycles. The van der Waals surface area contributed by atoms with Gasteiger partial charge in [-0.15, -0.1) is 0 Å². The summed E-state index contributed by atoms with van der Waals surface area (Å²) in [6.07, 6.45) is 9.29. The van der Waals surface area contributed by atoms with Crippen LogP contribution in [0.4, 0.5) is 4.39 Å². The number of hydrogen-bond acceptors (Lipinski definition) is 1. The first kappa shape index (κ1) is 24.0. The second kappa shape index (κ2) is 11.1. The molecule has 0 atom stereocenters. The van der Waals surface area contributed by atoms with Crippen molar-refractivity contribution in [1.29, 1.82) is 0 Å². The molecule has 2 heteroatoms. The van der Waals surface area contributed by atoms with Crippen molar-refractivity contribution in [2.75, 3.05) is 0 Å². The van der Waals surface area contributed by atoms with Crippen LogP contribution in [0.5, 0.6) is 0 Å². The molecule has 0 unspecified atom stereocenters. The molecule has 0 fully saturated rings. The minimum absolute atomic E-state index is 0.453. The van der Waals surface area contributed by atoms with Gasteiger partial charge < -0.3 is 0 Å². The maximum Gasteiger partial charge on any atom is 0.123 e. The number of halogens is 1. The van der Waals surface area contributed by atoms with Gasteiger partial charge >= 0.3 is 0 Å². The minimum atomic E-state index is -0.453. The number of aliphatic imine (C=N–C) groups is 1. The Morgan fingerprint density at radius 3 is 2.10 bits per heavy atom. The van der Waals surface area contributed by atoms with Crippen LogP contribution < -0.4 is 0 Å². The van der Waals surface area contributed by atoms with Crippen LogP contribution in [0.15, 0.2) is 96.0 Å². The van der Waals surface area contributed by atoms with Gasteiger partial charge in [-0.05, 0) is 81.0 Å². The van der Waals surface area contributed by atoms with Crippen LogP contribution >= 0.6 is 0 Å². The van der Waals surface area contributed by atoms with Crippen molar-refractivity contribution in [1.82, 2.24) is 0 Å². The van der Waals surface area contributed by atoms with Gasteiger partial charge in [-0.1, -0.05) is 61.7 Å². The van der Waals surface area contributed by atoms with E-state index in [0.29, 0.717) is 5.57 Å². The van der Waals surface area contributed by atoms with Crippen LogP contribution in [-0.2, 0) is 0 Å². The Balaban J connectivity index is 3.58. The van der Waals surface area contributed by atoms with Crippen molar-refractivity contribution >= 4 is 16.9 Å². The Bertz CT molecular complexity index is 958. The Morgan fingerprint density at radius 1 is 1.00 bits per heavy atom. The first-order valence-corrected chi connectivity index (χ1v) is 9.62. The molecule has 1 aromatic rings. The molecule has 1 rings (SSSR count). The van der Waals surface area contributed by atoms with E-state index in [1.165, 1.54) is 0 Å². The molecule has 0 spiro atoms. The van der Waals surface area contributed by atoms with Crippen LogP contribution in [0.3, 0.4) is 0 Å². The second-order valence-electron chi connectivity index (χ2n) is 7.32. The maximum atomic E-state index is 14.0. The smallest absolute Gasteiger partial charge is 0.123 e. The van der Waals surface area contributed by atoms with Gasteiger partial charge in [-0.2, -0.15) is 0 Å². The summed E-state index contributed by atoms with van der Waals surface area (Å²) in [4.78, 5) is 4.41. The molecular weight excluding hydrogens is 357 g/mol. The number of allylic oxidation sites excluding steroid dienone is 10. The summed E-state index contributed by atoms with van der Waals surface area (Å²) in [6, 6.07) is 5.89. The fraction of sp³-hybridized carbons (Fsp3) is 0.222. The standard InChI is InChI=1S/C27H32FN/c1-10-11-12-26(22(9)28)23-13-14-25(21(8)15-23)27(19(4)5)16-24(18(2)3)17-29-20(6)7/h10-17H,2,4,9H2,1,3,5-8H3/b11-10-,24-17-,26-12+,27-16+. The lowest BCUT2D eigenvalue weighted by molar-refractivity contribution is 0.678. The molecule has 0 radical (unpaired) electrons. The summed E-state index contributed by atoms with van der Waals surface area (Å²) in [7, 11) is 0. The molecule has 1 aromatic carbocycles. The van der Waals surface area contributed by atoms with Gasteiger partial charge in [0.25, 0.3) is 0 Å². The highest BCUT2D eigenvalue weighted by molar-refractivity contribution is 5.85. The fourth-order valence-electron chi connectivity index (χ4n) is 2.72. The molecular formula is C27H32FN. The largest absolute Gasteiger partial charge is 0.266 e. The lowest BCUT2D eigenvalue weighted by Gasteiger charge is -2.15. The van der Waals surface area contributed by atoms with E-state index < -0.39 is 5.83 Å². The molecule has 0 amide bonds. The molecule has 0 bridgehead atoms. The summed E-state index contributed by atoms with van der Waals surface area (Å²) in [5, 5.41) is 0. The summed E-state index contributed by atoms with van der Waals surface area (Å²) in [5.41, 5.74) is 8.12. The van der Waals surface area contributed by atoms with E-state index in [4.69, 9.17) is 0 Å². The van der Waals surface area contributed by atoms with E-state index >= 15 is 0 Å². The Hall–Kier alpha value is -3.00. The van der Waals surface area contributed by atoms with Gasteiger partial charge in [-0.25, -0.2) is 4.39 Å². The highest BCUT2D eigenvalue weighted by Gasteiger charge is 2.11. The zero-order valence-electron chi connectivity index (χ0n) is 18.6. The van der Waals surface area contributed by atoms with Crippen LogP contribution in [-0.4, -0.2) is 5.71 Å². The van der Waals surface area contributed by atoms with E-state index in [0.717, 1.165) is 44.7 Å². The minimum Gasteiger partial charge on any atom is -0.266 e. The number of nitrogens with zero attached hydrogens (tertiary/aromatic N) is 1. The number of benzene rings is 1. The topological polar surface area (TPSA) is 12.4 Å². The van der Waals surface area contributed by atoms with E-state index in [9.17, 15) is 4.39 Å². The predicted molar refractivity (Wildman–Crippen MR) is 129 cm³/mol. The lowest BCUT2D eigenvalue weighted by atomic mass is 9.90. The Labute approximate surface area is 175 Å². The molecule has 0 aromatic heterocycles. The van der Waals surface area contributed by atoms with Gasteiger partial charge in [0.2, 0.25) is 0 Å². The van der Waals surface area contributed by atoms with Gasteiger partial charge in [0.15, 0.2) is 0 Å². The fourth-order valence-corrected chi connectivity index (χ4v) is 2.72. The first-order chi connectivity index (χ1) is 13.6. The van der Waals surface area contributed by atoms with E-state index in [1.54, 1.807) is 6.08 Å². The third kappa shape index (κ3) is 7.15. The van der Waals surface area contributed by atoms with Crippen molar-refractivity contribution in [3.8, 4) is 0 Å². The van der Waals surface area contributed by atoms with Crippen LogP contribution in [0, 0.1) is 6.92 Å². The van der Waals surface area contributed by atoms with Crippen molar-refractivity contribution in [3.05, 3.63) is 108 Å².